The molecule has 1 aromatic heterocycles. The van der Waals surface area contributed by atoms with Crippen molar-refractivity contribution in [2.24, 2.45) is 0 Å². The summed E-state index contributed by atoms with van der Waals surface area (Å²) < 4.78 is 14.6. The molecule has 0 aliphatic rings. The lowest BCUT2D eigenvalue weighted by atomic mass is 10.1. The van der Waals surface area contributed by atoms with Gasteiger partial charge < -0.3 is 5.32 Å². The van der Waals surface area contributed by atoms with Crippen molar-refractivity contribution in [1.82, 2.24) is 14.9 Å². The van der Waals surface area contributed by atoms with Gasteiger partial charge in [-0.3, -0.25) is 14.2 Å². The fraction of sp³-hybridized carbons (Fsp3) is 0.192. The van der Waals surface area contributed by atoms with E-state index in [0.717, 1.165) is 17.7 Å². The first-order valence-corrected chi connectivity index (χ1v) is 11.8. The van der Waals surface area contributed by atoms with Crippen LogP contribution in [-0.2, 0) is 17.6 Å². The highest BCUT2D eigenvalue weighted by Gasteiger charge is 2.15. The minimum Gasteiger partial charge on any atom is -0.355 e. The van der Waals surface area contributed by atoms with E-state index >= 15 is 0 Å². The normalized spacial score (nSPS) is 11.0. The summed E-state index contributed by atoms with van der Waals surface area (Å²) >= 11 is 1.23. The zero-order valence-corrected chi connectivity index (χ0v) is 19.1. The number of nitrogens with zero attached hydrogens (tertiary/aromatic N) is 2. The number of halogens is 1. The molecule has 0 aliphatic heterocycles. The molecule has 4 rings (SSSR count). The zero-order chi connectivity index (χ0) is 23.2. The molecule has 168 valence electrons. The maximum atomic E-state index is 13.3. The van der Waals surface area contributed by atoms with Crippen LogP contribution in [0.4, 0.5) is 4.39 Å². The molecule has 7 heteroatoms. The van der Waals surface area contributed by atoms with Crippen LogP contribution in [0.15, 0.2) is 82.7 Å². The van der Waals surface area contributed by atoms with Crippen molar-refractivity contribution < 1.29 is 9.18 Å². The fourth-order valence-corrected chi connectivity index (χ4v) is 4.34. The number of carbonyl (C=O) groups is 1. The van der Waals surface area contributed by atoms with Gasteiger partial charge in [0.15, 0.2) is 5.16 Å². The zero-order valence-electron chi connectivity index (χ0n) is 18.3. The molecule has 5 nitrogen and oxygen atoms in total. The van der Waals surface area contributed by atoms with Gasteiger partial charge >= 0.3 is 0 Å². The minimum atomic E-state index is -0.280. The number of rotatable bonds is 8. The summed E-state index contributed by atoms with van der Waals surface area (Å²) in [5.41, 5.74) is 3.28. The van der Waals surface area contributed by atoms with Gasteiger partial charge in [0.25, 0.3) is 5.56 Å². The number of aromatic nitrogens is 2. The van der Waals surface area contributed by atoms with Crippen molar-refractivity contribution in [3.63, 3.8) is 0 Å². The Morgan fingerprint density at radius 2 is 1.70 bits per heavy atom. The molecule has 0 bridgehead atoms. The molecule has 0 saturated heterocycles. The average molecular weight is 462 g/mol. The highest BCUT2D eigenvalue weighted by molar-refractivity contribution is 7.99. The Morgan fingerprint density at radius 1 is 1.00 bits per heavy atom. The molecule has 1 heterocycles. The average Bonchev–Trinajstić information content (AvgIpc) is 2.84. The molecule has 0 spiro atoms. The molecule has 0 saturated carbocycles. The Morgan fingerprint density at radius 3 is 2.42 bits per heavy atom. The van der Waals surface area contributed by atoms with Crippen LogP contribution in [0.3, 0.4) is 0 Å². The molecule has 3 aromatic carbocycles. The number of para-hydroxylation sites is 1. The third-order valence-corrected chi connectivity index (χ3v) is 6.27. The van der Waals surface area contributed by atoms with Gasteiger partial charge in [-0.25, -0.2) is 9.37 Å². The Hall–Kier alpha value is -3.45. The number of fused-ring (bicyclic) bond motifs is 1. The van der Waals surface area contributed by atoms with E-state index in [4.69, 9.17) is 0 Å². The van der Waals surface area contributed by atoms with Gasteiger partial charge in [-0.05, 0) is 60.4 Å². The van der Waals surface area contributed by atoms with E-state index in [9.17, 15) is 14.0 Å². The summed E-state index contributed by atoms with van der Waals surface area (Å²) in [6, 6.07) is 21.2. The predicted molar refractivity (Wildman–Crippen MR) is 131 cm³/mol. The van der Waals surface area contributed by atoms with Gasteiger partial charge in [0, 0.05) is 6.54 Å². The smallest absolute Gasteiger partial charge is 0.266 e. The Labute approximate surface area is 195 Å². The predicted octanol–water partition coefficient (Wildman–Crippen LogP) is 4.54. The number of amides is 1. The van der Waals surface area contributed by atoms with Crippen molar-refractivity contribution in [3.8, 4) is 5.69 Å². The molecular weight excluding hydrogens is 437 g/mol. The number of aryl methyl sites for hydroxylation is 1. The van der Waals surface area contributed by atoms with Crippen LogP contribution in [-0.4, -0.2) is 27.8 Å². The van der Waals surface area contributed by atoms with Gasteiger partial charge in [0.2, 0.25) is 5.91 Å². The Bertz CT molecular complexity index is 1320. The summed E-state index contributed by atoms with van der Waals surface area (Å²) in [4.78, 5) is 30.4. The van der Waals surface area contributed by atoms with E-state index in [-0.39, 0.29) is 23.0 Å². The van der Waals surface area contributed by atoms with Crippen molar-refractivity contribution in [2.75, 3.05) is 12.3 Å². The van der Waals surface area contributed by atoms with Gasteiger partial charge in [0.05, 0.1) is 22.3 Å². The van der Waals surface area contributed by atoms with E-state index in [1.807, 2.05) is 36.4 Å². The second-order valence-corrected chi connectivity index (χ2v) is 8.53. The second-order valence-electron chi connectivity index (χ2n) is 7.59. The summed E-state index contributed by atoms with van der Waals surface area (Å²) in [5, 5.41) is 3.88. The number of nitrogens with one attached hydrogen (secondary N) is 1. The Balaban J connectivity index is 1.51. The molecule has 0 radical (unpaired) electrons. The summed E-state index contributed by atoms with van der Waals surface area (Å²) in [7, 11) is 0. The van der Waals surface area contributed by atoms with E-state index in [1.54, 1.807) is 28.8 Å². The molecule has 0 fully saturated rings. The van der Waals surface area contributed by atoms with Crippen LogP contribution in [0.2, 0.25) is 0 Å². The SMILES string of the molecule is CCc1ccc(-n2c(SCC(=O)NCCc3ccc(F)cc3)nc3ccccc3c2=O)cc1. The van der Waals surface area contributed by atoms with E-state index in [1.165, 1.54) is 29.5 Å². The highest BCUT2D eigenvalue weighted by Crippen LogP contribution is 2.21. The minimum absolute atomic E-state index is 0.126. The number of thioether (sulfide) groups is 1. The lowest BCUT2D eigenvalue weighted by Crippen LogP contribution is -2.28. The molecule has 33 heavy (non-hydrogen) atoms. The van der Waals surface area contributed by atoms with Crippen molar-refractivity contribution in [2.45, 2.75) is 24.9 Å². The van der Waals surface area contributed by atoms with Crippen LogP contribution < -0.4 is 10.9 Å². The number of hydrogen-bond donors (Lipinski definition) is 1. The number of carbonyl (C=O) groups excluding carboxylic acids is 1. The van der Waals surface area contributed by atoms with Crippen LogP contribution in [0.1, 0.15) is 18.1 Å². The van der Waals surface area contributed by atoms with Gasteiger partial charge in [-0.1, -0.05) is 55.1 Å². The maximum Gasteiger partial charge on any atom is 0.266 e. The summed E-state index contributed by atoms with van der Waals surface area (Å²) in [6.07, 6.45) is 1.52. The standard InChI is InChI=1S/C26H24FN3O2S/c1-2-18-9-13-21(14-10-18)30-25(32)22-5-3-4-6-23(22)29-26(30)33-17-24(31)28-16-15-19-7-11-20(27)12-8-19/h3-14H,2,15-17H2,1H3,(H,28,31). The van der Waals surface area contributed by atoms with Gasteiger partial charge in [-0.15, -0.1) is 0 Å². The Kier molecular flexibility index (Phi) is 7.19. The third kappa shape index (κ3) is 5.49. The lowest BCUT2D eigenvalue weighted by Gasteiger charge is -2.13. The van der Waals surface area contributed by atoms with Crippen LogP contribution in [0.25, 0.3) is 16.6 Å². The first kappa shape index (κ1) is 22.7. The van der Waals surface area contributed by atoms with Gasteiger partial charge in [0.1, 0.15) is 5.82 Å². The van der Waals surface area contributed by atoms with Crippen molar-refractivity contribution >= 4 is 28.6 Å². The largest absolute Gasteiger partial charge is 0.355 e. The molecule has 1 N–H and O–H groups in total. The summed E-state index contributed by atoms with van der Waals surface area (Å²) in [6.45, 7) is 2.52. The molecular formula is C26H24FN3O2S. The van der Waals surface area contributed by atoms with E-state index in [2.05, 4.69) is 17.2 Å². The van der Waals surface area contributed by atoms with Crippen LogP contribution in [0, 0.1) is 5.82 Å². The first-order valence-electron chi connectivity index (χ1n) is 10.8. The molecule has 0 unspecified atom stereocenters. The van der Waals surface area contributed by atoms with Crippen LogP contribution >= 0.6 is 11.8 Å². The van der Waals surface area contributed by atoms with E-state index < -0.39 is 0 Å². The van der Waals surface area contributed by atoms with Crippen LogP contribution in [0.5, 0.6) is 0 Å². The topological polar surface area (TPSA) is 64.0 Å². The van der Waals surface area contributed by atoms with E-state index in [0.29, 0.717) is 29.0 Å². The van der Waals surface area contributed by atoms with Gasteiger partial charge in [-0.2, -0.15) is 0 Å². The lowest BCUT2D eigenvalue weighted by molar-refractivity contribution is -0.118. The highest BCUT2D eigenvalue weighted by atomic mass is 32.2. The quantitative estimate of drug-likeness (QED) is 0.309. The second kappa shape index (κ2) is 10.4. The molecule has 4 aromatic rings. The number of hydrogen-bond acceptors (Lipinski definition) is 4. The number of benzene rings is 3. The monoisotopic (exact) mass is 461 g/mol. The van der Waals surface area contributed by atoms with Crippen molar-refractivity contribution in [3.05, 3.63) is 100 Å². The summed E-state index contributed by atoms with van der Waals surface area (Å²) in [5.74, 6) is -0.309. The molecule has 0 aliphatic carbocycles. The fourth-order valence-electron chi connectivity index (χ4n) is 3.50. The van der Waals surface area contributed by atoms with Crippen molar-refractivity contribution in [1.29, 1.82) is 0 Å². The maximum absolute atomic E-state index is 13.3. The first-order chi connectivity index (χ1) is 16.0. The molecule has 0 atom stereocenters. The molecule has 1 amide bonds. The third-order valence-electron chi connectivity index (χ3n) is 5.33.